The molecule has 88 valence electrons. The van der Waals surface area contributed by atoms with Gasteiger partial charge in [0.1, 0.15) is 11.7 Å². The van der Waals surface area contributed by atoms with Crippen LogP contribution in [0.15, 0.2) is 34.5 Å². The van der Waals surface area contributed by atoms with Gasteiger partial charge in [-0.2, -0.15) is 0 Å². The maximum atomic E-state index is 11.7. The van der Waals surface area contributed by atoms with Crippen molar-refractivity contribution in [2.75, 3.05) is 6.61 Å². The second kappa shape index (κ2) is 6.16. The molecule has 0 spiro atoms. The van der Waals surface area contributed by atoms with Crippen molar-refractivity contribution >= 4 is 5.97 Å². The summed E-state index contributed by atoms with van der Waals surface area (Å²) in [5.74, 6) is 0.107. The third kappa shape index (κ3) is 3.57. The summed E-state index contributed by atoms with van der Waals surface area (Å²) in [4.78, 5) is 11.7. The van der Waals surface area contributed by atoms with E-state index in [9.17, 15) is 4.79 Å². The lowest BCUT2D eigenvalue weighted by atomic mass is 10.0. The molecule has 3 heteroatoms. The molecule has 1 unspecified atom stereocenters. The SMILES string of the molecule is CCOC(=O)C(CC=C(C)C)c1ccco1. The third-order valence-corrected chi connectivity index (χ3v) is 2.22. The Morgan fingerprint density at radius 3 is 2.81 bits per heavy atom. The van der Waals surface area contributed by atoms with E-state index in [2.05, 4.69) is 0 Å². The normalized spacial score (nSPS) is 11.9. The van der Waals surface area contributed by atoms with E-state index in [1.807, 2.05) is 19.9 Å². The minimum atomic E-state index is -0.329. The van der Waals surface area contributed by atoms with Gasteiger partial charge in [0, 0.05) is 0 Å². The molecule has 0 saturated heterocycles. The molecule has 0 amide bonds. The zero-order valence-electron chi connectivity index (χ0n) is 10.0. The van der Waals surface area contributed by atoms with Crippen LogP contribution in [-0.4, -0.2) is 12.6 Å². The van der Waals surface area contributed by atoms with Gasteiger partial charge in [0.05, 0.1) is 12.9 Å². The molecule has 0 aliphatic heterocycles. The van der Waals surface area contributed by atoms with E-state index >= 15 is 0 Å². The number of hydrogen-bond donors (Lipinski definition) is 0. The number of ether oxygens (including phenoxy) is 1. The molecule has 0 radical (unpaired) electrons. The molecule has 0 N–H and O–H groups in total. The van der Waals surface area contributed by atoms with Gasteiger partial charge in [-0.25, -0.2) is 0 Å². The van der Waals surface area contributed by atoms with Crippen LogP contribution in [0.2, 0.25) is 0 Å². The second-order valence-electron chi connectivity index (χ2n) is 3.84. The number of esters is 1. The van der Waals surface area contributed by atoms with Crippen LogP contribution in [0.25, 0.3) is 0 Å². The molecular formula is C13H18O3. The smallest absolute Gasteiger partial charge is 0.316 e. The van der Waals surface area contributed by atoms with Crippen LogP contribution >= 0.6 is 0 Å². The van der Waals surface area contributed by atoms with Gasteiger partial charge in [-0.05, 0) is 39.3 Å². The van der Waals surface area contributed by atoms with Crippen molar-refractivity contribution in [3.8, 4) is 0 Å². The molecule has 1 atom stereocenters. The highest BCUT2D eigenvalue weighted by atomic mass is 16.5. The van der Waals surface area contributed by atoms with Gasteiger partial charge in [-0.15, -0.1) is 0 Å². The van der Waals surface area contributed by atoms with Crippen LogP contribution in [0.5, 0.6) is 0 Å². The molecule has 1 aromatic heterocycles. The standard InChI is InChI=1S/C13H18O3/c1-4-15-13(14)11(8-7-10(2)3)12-6-5-9-16-12/h5-7,9,11H,4,8H2,1-3H3. The maximum Gasteiger partial charge on any atom is 0.316 e. The van der Waals surface area contributed by atoms with Crippen LogP contribution in [0.1, 0.15) is 38.9 Å². The summed E-state index contributed by atoms with van der Waals surface area (Å²) in [7, 11) is 0. The first kappa shape index (κ1) is 12.6. The zero-order chi connectivity index (χ0) is 12.0. The highest BCUT2D eigenvalue weighted by Gasteiger charge is 2.23. The Morgan fingerprint density at radius 2 is 2.31 bits per heavy atom. The lowest BCUT2D eigenvalue weighted by molar-refractivity contribution is -0.145. The van der Waals surface area contributed by atoms with Crippen molar-refractivity contribution in [2.45, 2.75) is 33.1 Å². The number of furan rings is 1. The predicted molar refractivity (Wildman–Crippen MR) is 62.1 cm³/mol. The van der Waals surface area contributed by atoms with Crippen LogP contribution in [0, 0.1) is 0 Å². The topological polar surface area (TPSA) is 39.4 Å². The monoisotopic (exact) mass is 222 g/mol. The Hall–Kier alpha value is -1.51. The first-order valence-corrected chi connectivity index (χ1v) is 5.48. The fourth-order valence-corrected chi connectivity index (χ4v) is 1.41. The lowest BCUT2D eigenvalue weighted by Crippen LogP contribution is -2.15. The van der Waals surface area contributed by atoms with E-state index in [1.165, 1.54) is 5.57 Å². The molecule has 0 aromatic carbocycles. The summed E-state index contributed by atoms with van der Waals surface area (Å²) >= 11 is 0. The van der Waals surface area contributed by atoms with E-state index in [0.29, 0.717) is 18.8 Å². The number of hydrogen-bond acceptors (Lipinski definition) is 3. The molecule has 1 heterocycles. The minimum absolute atomic E-state index is 0.227. The number of allylic oxidation sites excluding steroid dienone is 2. The second-order valence-corrected chi connectivity index (χ2v) is 3.84. The Morgan fingerprint density at radius 1 is 1.56 bits per heavy atom. The molecule has 1 rings (SSSR count). The quantitative estimate of drug-likeness (QED) is 0.567. The molecule has 0 bridgehead atoms. The zero-order valence-corrected chi connectivity index (χ0v) is 10.0. The number of carbonyl (C=O) groups excluding carboxylic acids is 1. The predicted octanol–water partition coefficient (Wildman–Crippen LogP) is 3.28. The van der Waals surface area contributed by atoms with Crippen LogP contribution in [0.3, 0.4) is 0 Å². The summed E-state index contributed by atoms with van der Waals surface area (Å²) in [5.41, 5.74) is 1.18. The summed E-state index contributed by atoms with van der Waals surface area (Å²) in [6.07, 6.45) is 4.21. The molecule has 3 nitrogen and oxygen atoms in total. The van der Waals surface area contributed by atoms with Crippen LogP contribution in [0.4, 0.5) is 0 Å². The third-order valence-electron chi connectivity index (χ3n) is 2.22. The Labute approximate surface area is 96.1 Å². The molecular weight excluding hydrogens is 204 g/mol. The molecule has 16 heavy (non-hydrogen) atoms. The number of rotatable bonds is 5. The van der Waals surface area contributed by atoms with Crippen molar-refractivity contribution in [1.82, 2.24) is 0 Å². The highest BCUT2D eigenvalue weighted by Crippen LogP contribution is 2.23. The number of carbonyl (C=O) groups is 1. The fourth-order valence-electron chi connectivity index (χ4n) is 1.41. The summed E-state index contributed by atoms with van der Waals surface area (Å²) in [5, 5.41) is 0. The van der Waals surface area contributed by atoms with E-state index in [4.69, 9.17) is 9.15 Å². The van der Waals surface area contributed by atoms with Crippen LogP contribution < -0.4 is 0 Å². The Kier molecular flexibility index (Phi) is 4.83. The van der Waals surface area contributed by atoms with Crippen molar-refractivity contribution in [2.24, 2.45) is 0 Å². The largest absolute Gasteiger partial charge is 0.468 e. The summed E-state index contributed by atoms with van der Waals surface area (Å²) in [6, 6.07) is 3.59. The molecule has 0 aliphatic carbocycles. The molecule has 0 fully saturated rings. The molecule has 0 saturated carbocycles. The summed E-state index contributed by atoms with van der Waals surface area (Å²) < 4.78 is 10.3. The lowest BCUT2D eigenvalue weighted by Gasteiger charge is -2.11. The van der Waals surface area contributed by atoms with E-state index < -0.39 is 0 Å². The molecule has 0 aliphatic rings. The maximum absolute atomic E-state index is 11.7. The molecule has 1 aromatic rings. The summed E-state index contributed by atoms with van der Waals surface area (Å²) in [6.45, 7) is 6.21. The van der Waals surface area contributed by atoms with Gasteiger partial charge in [-0.3, -0.25) is 4.79 Å². The van der Waals surface area contributed by atoms with Crippen molar-refractivity contribution in [1.29, 1.82) is 0 Å². The van der Waals surface area contributed by atoms with E-state index in [1.54, 1.807) is 25.3 Å². The first-order chi connectivity index (χ1) is 7.65. The van der Waals surface area contributed by atoms with Gasteiger partial charge < -0.3 is 9.15 Å². The minimum Gasteiger partial charge on any atom is -0.468 e. The van der Waals surface area contributed by atoms with Crippen LogP contribution in [-0.2, 0) is 9.53 Å². The van der Waals surface area contributed by atoms with Crippen molar-refractivity contribution in [3.05, 3.63) is 35.8 Å². The van der Waals surface area contributed by atoms with Gasteiger partial charge in [0.15, 0.2) is 0 Å². The van der Waals surface area contributed by atoms with Gasteiger partial charge in [-0.1, -0.05) is 11.6 Å². The van der Waals surface area contributed by atoms with Crippen molar-refractivity contribution < 1.29 is 13.9 Å². The van der Waals surface area contributed by atoms with E-state index in [-0.39, 0.29) is 11.9 Å². The Balaban J connectivity index is 2.77. The fraction of sp³-hybridized carbons (Fsp3) is 0.462. The van der Waals surface area contributed by atoms with Gasteiger partial charge in [0.2, 0.25) is 0 Å². The van der Waals surface area contributed by atoms with Gasteiger partial charge >= 0.3 is 5.97 Å². The van der Waals surface area contributed by atoms with E-state index in [0.717, 1.165) is 0 Å². The Bertz CT molecular complexity index is 345. The first-order valence-electron chi connectivity index (χ1n) is 5.48. The average Bonchev–Trinajstić information content (AvgIpc) is 2.71. The average molecular weight is 222 g/mol. The van der Waals surface area contributed by atoms with Gasteiger partial charge in [0.25, 0.3) is 0 Å². The van der Waals surface area contributed by atoms with Crippen molar-refractivity contribution in [3.63, 3.8) is 0 Å². The highest BCUT2D eigenvalue weighted by molar-refractivity contribution is 5.77.